The maximum Gasteiger partial charge on any atom is 0.265 e. The molecule has 0 aliphatic heterocycles. The molecule has 22 heavy (non-hydrogen) atoms. The van der Waals surface area contributed by atoms with Crippen molar-refractivity contribution in [3.05, 3.63) is 71.4 Å². The number of nitrogens with one attached hydrogen (secondary N) is 1. The van der Waals surface area contributed by atoms with Gasteiger partial charge in [-0.05, 0) is 42.0 Å². The van der Waals surface area contributed by atoms with Gasteiger partial charge < -0.3 is 10.4 Å². The molecule has 0 saturated carbocycles. The van der Waals surface area contributed by atoms with Crippen molar-refractivity contribution in [3.8, 4) is 16.2 Å². The lowest BCUT2D eigenvalue weighted by Crippen LogP contribution is -2.09. The van der Waals surface area contributed by atoms with Crippen LogP contribution in [0.4, 0.5) is 10.1 Å². The molecule has 0 fully saturated rings. The molecule has 0 atom stereocenters. The molecule has 0 aliphatic rings. The molecule has 0 aliphatic carbocycles. The highest BCUT2D eigenvalue weighted by molar-refractivity contribution is 7.17. The molecule has 110 valence electrons. The smallest absolute Gasteiger partial charge is 0.265 e. The van der Waals surface area contributed by atoms with Gasteiger partial charge in [0, 0.05) is 16.6 Å². The predicted molar refractivity (Wildman–Crippen MR) is 85.8 cm³/mol. The van der Waals surface area contributed by atoms with Crippen molar-refractivity contribution in [3.63, 3.8) is 0 Å². The second kappa shape index (κ2) is 5.99. The van der Waals surface area contributed by atoms with Gasteiger partial charge in [0.1, 0.15) is 11.6 Å². The molecule has 3 aromatic rings. The van der Waals surface area contributed by atoms with E-state index in [-0.39, 0.29) is 17.5 Å². The molecule has 1 amide bonds. The first-order valence-corrected chi connectivity index (χ1v) is 7.39. The standard InChI is InChI=1S/C17H12FNO2S/c18-12-4-1-3-11(9-12)15-7-8-16(22-15)17(21)19-13-5-2-6-14(20)10-13/h1-10,20H,(H,19,21). The molecule has 0 unspecified atom stereocenters. The second-order valence-electron chi connectivity index (χ2n) is 4.68. The summed E-state index contributed by atoms with van der Waals surface area (Å²) in [6.45, 7) is 0. The van der Waals surface area contributed by atoms with E-state index in [1.165, 1.54) is 35.6 Å². The number of carbonyl (C=O) groups is 1. The number of anilines is 1. The van der Waals surface area contributed by atoms with E-state index in [0.29, 0.717) is 10.6 Å². The largest absolute Gasteiger partial charge is 0.508 e. The fraction of sp³-hybridized carbons (Fsp3) is 0. The van der Waals surface area contributed by atoms with Crippen LogP contribution in [0.25, 0.3) is 10.4 Å². The Bertz CT molecular complexity index is 829. The Balaban J connectivity index is 1.80. The molecule has 0 radical (unpaired) electrons. The van der Waals surface area contributed by atoms with Crippen molar-refractivity contribution in [1.29, 1.82) is 0 Å². The highest BCUT2D eigenvalue weighted by Crippen LogP contribution is 2.29. The number of carbonyl (C=O) groups excluding carboxylic acids is 1. The zero-order valence-electron chi connectivity index (χ0n) is 11.4. The SMILES string of the molecule is O=C(Nc1cccc(O)c1)c1ccc(-c2cccc(F)c2)s1. The summed E-state index contributed by atoms with van der Waals surface area (Å²) >= 11 is 1.29. The lowest BCUT2D eigenvalue weighted by Gasteiger charge is -2.03. The third kappa shape index (κ3) is 3.15. The summed E-state index contributed by atoms with van der Waals surface area (Å²) in [5, 5.41) is 12.1. The minimum Gasteiger partial charge on any atom is -0.508 e. The second-order valence-corrected chi connectivity index (χ2v) is 5.76. The van der Waals surface area contributed by atoms with Gasteiger partial charge in [-0.15, -0.1) is 11.3 Å². The molecule has 3 nitrogen and oxygen atoms in total. The van der Waals surface area contributed by atoms with Crippen LogP contribution in [0.15, 0.2) is 60.7 Å². The van der Waals surface area contributed by atoms with Crippen LogP contribution < -0.4 is 5.32 Å². The van der Waals surface area contributed by atoms with Gasteiger partial charge in [0.2, 0.25) is 0 Å². The number of thiophene rings is 1. The number of amides is 1. The summed E-state index contributed by atoms with van der Waals surface area (Å²) in [6.07, 6.45) is 0. The quantitative estimate of drug-likeness (QED) is 0.747. The first kappa shape index (κ1) is 14.3. The fourth-order valence-corrected chi connectivity index (χ4v) is 2.93. The van der Waals surface area contributed by atoms with Crippen LogP contribution in [0.1, 0.15) is 9.67 Å². The van der Waals surface area contributed by atoms with Crippen molar-refractivity contribution in [2.75, 3.05) is 5.32 Å². The highest BCUT2D eigenvalue weighted by atomic mass is 32.1. The van der Waals surface area contributed by atoms with Gasteiger partial charge >= 0.3 is 0 Å². The number of rotatable bonds is 3. The van der Waals surface area contributed by atoms with Gasteiger partial charge in [-0.2, -0.15) is 0 Å². The Hall–Kier alpha value is -2.66. The van der Waals surface area contributed by atoms with Gasteiger partial charge in [-0.3, -0.25) is 4.79 Å². The summed E-state index contributed by atoms with van der Waals surface area (Å²) in [4.78, 5) is 13.5. The van der Waals surface area contributed by atoms with Crippen LogP contribution >= 0.6 is 11.3 Å². The Morgan fingerprint density at radius 2 is 1.86 bits per heavy atom. The Kier molecular flexibility index (Phi) is 3.89. The van der Waals surface area contributed by atoms with E-state index in [2.05, 4.69) is 5.32 Å². The molecular formula is C17H12FNO2S. The summed E-state index contributed by atoms with van der Waals surface area (Å²) < 4.78 is 13.2. The van der Waals surface area contributed by atoms with Crippen molar-refractivity contribution < 1.29 is 14.3 Å². The zero-order valence-corrected chi connectivity index (χ0v) is 12.2. The van der Waals surface area contributed by atoms with E-state index in [4.69, 9.17) is 0 Å². The molecule has 2 aromatic carbocycles. The summed E-state index contributed by atoms with van der Waals surface area (Å²) in [7, 11) is 0. The zero-order chi connectivity index (χ0) is 15.5. The van der Waals surface area contributed by atoms with E-state index in [9.17, 15) is 14.3 Å². The predicted octanol–water partition coefficient (Wildman–Crippen LogP) is 4.51. The van der Waals surface area contributed by atoms with Crippen LogP contribution in [0.3, 0.4) is 0 Å². The average molecular weight is 313 g/mol. The maximum absolute atomic E-state index is 13.2. The van der Waals surface area contributed by atoms with Gasteiger partial charge in [-0.1, -0.05) is 18.2 Å². The van der Waals surface area contributed by atoms with Crippen LogP contribution in [0.2, 0.25) is 0 Å². The molecule has 0 spiro atoms. The molecule has 1 aromatic heterocycles. The topological polar surface area (TPSA) is 49.3 Å². The fourth-order valence-electron chi connectivity index (χ4n) is 2.03. The molecular weight excluding hydrogens is 301 g/mol. The molecule has 0 saturated heterocycles. The minimum atomic E-state index is -0.309. The van der Waals surface area contributed by atoms with Gasteiger partial charge in [-0.25, -0.2) is 4.39 Å². The molecule has 2 N–H and O–H groups in total. The summed E-state index contributed by atoms with van der Waals surface area (Å²) in [5.41, 5.74) is 1.26. The van der Waals surface area contributed by atoms with Crippen LogP contribution in [-0.2, 0) is 0 Å². The number of hydrogen-bond donors (Lipinski definition) is 2. The number of benzene rings is 2. The Morgan fingerprint density at radius 1 is 1.05 bits per heavy atom. The van der Waals surface area contributed by atoms with Crippen LogP contribution in [0, 0.1) is 5.82 Å². The molecule has 5 heteroatoms. The number of hydrogen-bond acceptors (Lipinski definition) is 3. The van der Waals surface area contributed by atoms with Gasteiger partial charge in [0.15, 0.2) is 0 Å². The molecule has 0 bridgehead atoms. The first-order chi connectivity index (χ1) is 10.6. The van der Waals surface area contributed by atoms with E-state index < -0.39 is 0 Å². The third-order valence-electron chi connectivity index (χ3n) is 3.04. The van der Waals surface area contributed by atoms with Crippen molar-refractivity contribution in [2.45, 2.75) is 0 Å². The normalized spacial score (nSPS) is 10.4. The average Bonchev–Trinajstić information content (AvgIpc) is 2.97. The van der Waals surface area contributed by atoms with E-state index in [0.717, 1.165) is 10.4 Å². The van der Waals surface area contributed by atoms with Crippen molar-refractivity contribution >= 4 is 22.9 Å². The van der Waals surface area contributed by atoms with Gasteiger partial charge in [0.05, 0.1) is 4.88 Å². The van der Waals surface area contributed by atoms with Gasteiger partial charge in [0.25, 0.3) is 5.91 Å². The van der Waals surface area contributed by atoms with Crippen molar-refractivity contribution in [1.82, 2.24) is 0 Å². The number of phenols is 1. The lowest BCUT2D eigenvalue weighted by molar-refractivity contribution is 0.103. The van der Waals surface area contributed by atoms with Crippen molar-refractivity contribution in [2.24, 2.45) is 0 Å². The Labute approximate surface area is 130 Å². The summed E-state index contributed by atoms with van der Waals surface area (Å²) in [5.74, 6) is -0.487. The minimum absolute atomic E-state index is 0.0874. The lowest BCUT2D eigenvalue weighted by atomic mass is 10.2. The van der Waals surface area contributed by atoms with Crippen LogP contribution in [-0.4, -0.2) is 11.0 Å². The first-order valence-electron chi connectivity index (χ1n) is 6.58. The monoisotopic (exact) mass is 313 g/mol. The molecule has 3 rings (SSSR count). The van der Waals surface area contributed by atoms with E-state index in [1.807, 2.05) is 0 Å². The number of phenolic OH excluding ortho intramolecular Hbond substituents is 1. The summed E-state index contributed by atoms with van der Waals surface area (Å²) in [6, 6.07) is 16.1. The maximum atomic E-state index is 13.2. The highest BCUT2D eigenvalue weighted by Gasteiger charge is 2.11. The number of aromatic hydroxyl groups is 1. The third-order valence-corrected chi connectivity index (χ3v) is 4.18. The van der Waals surface area contributed by atoms with Crippen LogP contribution in [0.5, 0.6) is 5.75 Å². The number of halogens is 1. The Morgan fingerprint density at radius 3 is 2.64 bits per heavy atom. The van der Waals surface area contributed by atoms with E-state index >= 15 is 0 Å². The molecule has 1 heterocycles. The van der Waals surface area contributed by atoms with E-state index in [1.54, 1.807) is 36.4 Å².